The molecule has 10 heteroatoms. The van der Waals surface area contributed by atoms with E-state index in [0.29, 0.717) is 16.5 Å². The number of para-hydroxylation sites is 1. The number of aliphatic imine (C=N–C) groups is 1. The molecule has 2 aliphatic rings. The van der Waals surface area contributed by atoms with Gasteiger partial charge >= 0.3 is 0 Å². The highest BCUT2D eigenvalue weighted by Gasteiger charge is 2.35. The average molecular weight is 409 g/mol. The van der Waals surface area contributed by atoms with Crippen molar-refractivity contribution in [1.29, 1.82) is 5.41 Å². The summed E-state index contributed by atoms with van der Waals surface area (Å²) >= 11 is 1.29. The van der Waals surface area contributed by atoms with E-state index in [-0.39, 0.29) is 22.9 Å². The second kappa shape index (κ2) is 7.47. The first kappa shape index (κ1) is 18.8. The molecule has 0 aliphatic carbocycles. The van der Waals surface area contributed by atoms with Gasteiger partial charge in [-0.1, -0.05) is 19.1 Å². The van der Waals surface area contributed by atoms with Crippen molar-refractivity contribution in [1.82, 2.24) is 5.01 Å². The summed E-state index contributed by atoms with van der Waals surface area (Å²) in [7, 11) is 0. The summed E-state index contributed by atoms with van der Waals surface area (Å²) in [5, 5.41) is 26.4. The van der Waals surface area contributed by atoms with E-state index >= 15 is 0 Å². The molecule has 9 nitrogen and oxygen atoms in total. The highest BCUT2D eigenvalue weighted by molar-refractivity contribution is 8.26. The Kier molecular flexibility index (Phi) is 4.85. The quantitative estimate of drug-likeness (QED) is 0.446. The third-order valence-electron chi connectivity index (χ3n) is 4.24. The Balaban J connectivity index is 1.66. The van der Waals surface area contributed by atoms with Gasteiger partial charge in [0, 0.05) is 6.07 Å². The van der Waals surface area contributed by atoms with Gasteiger partial charge in [-0.3, -0.25) is 20.3 Å². The molecule has 2 aromatic rings. The first-order chi connectivity index (χ1) is 14.0. The third kappa shape index (κ3) is 3.49. The number of nitro benzene ring substituents is 1. The minimum absolute atomic E-state index is 0.0410. The monoisotopic (exact) mass is 409 g/mol. The fraction of sp³-hybridized carbons (Fsp3) is 0.158. The van der Waals surface area contributed by atoms with Crippen molar-refractivity contribution in [3.63, 3.8) is 0 Å². The summed E-state index contributed by atoms with van der Waals surface area (Å²) in [6.07, 6.45) is 3.05. The van der Waals surface area contributed by atoms with Crippen LogP contribution in [-0.4, -0.2) is 31.9 Å². The number of hydrazone groups is 1. The number of rotatable bonds is 5. The molecule has 3 heterocycles. The molecule has 0 saturated carbocycles. The fourth-order valence-corrected chi connectivity index (χ4v) is 3.89. The maximum absolute atomic E-state index is 12.4. The van der Waals surface area contributed by atoms with Gasteiger partial charge in [-0.15, -0.1) is 0 Å². The molecule has 1 aromatic heterocycles. The largest absolute Gasteiger partial charge is 0.456 e. The Morgan fingerprint density at radius 1 is 1.31 bits per heavy atom. The number of fused-ring (bicyclic) bond motifs is 1. The van der Waals surface area contributed by atoms with Crippen LogP contribution in [0.4, 0.5) is 5.69 Å². The summed E-state index contributed by atoms with van der Waals surface area (Å²) in [6, 6.07) is 9.41. The second-order valence-electron chi connectivity index (χ2n) is 6.24. The van der Waals surface area contributed by atoms with Crippen LogP contribution in [0, 0.1) is 15.5 Å². The highest BCUT2D eigenvalue weighted by atomic mass is 32.2. The summed E-state index contributed by atoms with van der Waals surface area (Å²) in [6.45, 7) is 2.02. The van der Waals surface area contributed by atoms with Crippen LogP contribution in [-0.2, 0) is 4.79 Å². The van der Waals surface area contributed by atoms with Gasteiger partial charge in [0.05, 0.1) is 16.1 Å². The molecular weight excluding hydrogens is 394 g/mol. The van der Waals surface area contributed by atoms with Gasteiger partial charge in [-0.25, -0.2) is 0 Å². The van der Waals surface area contributed by atoms with Crippen molar-refractivity contribution in [2.75, 3.05) is 0 Å². The molecule has 0 spiro atoms. The zero-order valence-electron chi connectivity index (χ0n) is 15.3. The first-order valence-electron chi connectivity index (χ1n) is 8.80. The number of furan rings is 1. The van der Waals surface area contributed by atoms with Crippen molar-refractivity contribution in [3.05, 3.63) is 57.8 Å². The predicted octanol–water partition coefficient (Wildman–Crippen LogP) is 4.27. The number of nitrogens with one attached hydrogen (secondary N) is 1. The van der Waals surface area contributed by atoms with Crippen molar-refractivity contribution >= 4 is 45.5 Å². The minimum atomic E-state index is -0.551. The molecule has 146 valence electrons. The Hall–Kier alpha value is -3.53. The lowest BCUT2D eigenvalue weighted by molar-refractivity contribution is -0.384. The van der Waals surface area contributed by atoms with E-state index < -0.39 is 10.8 Å². The van der Waals surface area contributed by atoms with Crippen molar-refractivity contribution in [3.8, 4) is 11.3 Å². The molecule has 0 bridgehead atoms. The van der Waals surface area contributed by atoms with Gasteiger partial charge in [0.1, 0.15) is 16.6 Å². The lowest BCUT2D eigenvalue weighted by Crippen LogP contribution is -2.35. The van der Waals surface area contributed by atoms with E-state index in [9.17, 15) is 14.9 Å². The number of hydrogen-bond acceptors (Lipinski definition) is 7. The van der Waals surface area contributed by atoms with Crippen LogP contribution < -0.4 is 0 Å². The fourth-order valence-electron chi connectivity index (χ4n) is 2.91. The van der Waals surface area contributed by atoms with Crippen LogP contribution in [0.5, 0.6) is 0 Å². The summed E-state index contributed by atoms with van der Waals surface area (Å²) < 4.78 is 5.69. The number of nitro groups is 1. The molecular formula is C19H15N5O4S. The van der Waals surface area contributed by atoms with Gasteiger partial charge < -0.3 is 4.42 Å². The Morgan fingerprint density at radius 2 is 2.10 bits per heavy atom. The zero-order valence-corrected chi connectivity index (χ0v) is 16.1. The van der Waals surface area contributed by atoms with E-state index in [4.69, 9.17) is 9.83 Å². The minimum Gasteiger partial charge on any atom is -0.456 e. The first-order valence-corrected chi connectivity index (χ1v) is 9.62. The topological polar surface area (TPSA) is 125 Å². The van der Waals surface area contributed by atoms with E-state index in [2.05, 4.69) is 10.1 Å². The number of carbonyl (C=O) groups is 1. The van der Waals surface area contributed by atoms with Gasteiger partial charge in [0.2, 0.25) is 5.17 Å². The van der Waals surface area contributed by atoms with Crippen LogP contribution in [0.25, 0.3) is 17.4 Å². The average Bonchev–Trinajstić information content (AvgIpc) is 3.32. The van der Waals surface area contributed by atoms with E-state index in [1.807, 2.05) is 6.92 Å². The van der Waals surface area contributed by atoms with Crippen LogP contribution >= 0.6 is 11.8 Å². The number of thioether (sulfide) groups is 1. The maximum atomic E-state index is 12.4. The number of nitrogens with zero attached hydrogens (tertiary/aromatic N) is 4. The Bertz CT molecular complexity index is 1130. The number of hydrogen-bond donors (Lipinski definition) is 1. The van der Waals surface area contributed by atoms with Gasteiger partial charge in [0.25, 0.3) is 11.6 Å². The predicted molar refractivity (Wildman–Crippen MR) is 111 cm³/mol. The lowest BCUT2D eigenvalue weighted by Gasteiger charge is -2.19. The van der Waals surface area contributed by atoms with Gasteiger partial charge in [-0.2, -0.15) is 15.1 Å². The second-order valence-corrected chi connectivity index (χ2v) is 7.28. The highest BCUT2D eigenvalue weighted by Crippen LogP contribution is 2.33. The number of amides is 1. The van der Waals surface area contributed by atoms with E-state index in [0.717, 1.165) is 17.9 Å². The Morgan fingerprint density at radius 3 is 2.86 bits per heavy atom. The summed E-state index contributed by atoms with van der Waals surface area (Å²) in [5.41, 5.74) is 0.292. The van der Waals surface area contributed by atoms with Crippen LogP contribution in [0.15, 0.2) is 56.5 Å². The summed E-state index contributed by atoms with van der Waals surface area (Å²) in [5.74, 6) is -0.0507. The van der Waals surface area contributed by atoms with Crippen molar-refractivity contribution in [2.45, 2.75) is 19.8 Å². The van der Waals surface area contributed by atoms with Crippen LogP contribution in [0.2, 0.25) is 0 Å². The standard InChI is InChI=1S/C19H15N5O4S/c1-2-5-16-22-23-17(20)13(18(25)21-19(23)29-16)10-11-8-9-15(28-11)12-6-3-4-7-14(12)24(26)27/h3-4,6-10,20H,2,5H2,1H3/b13-10-,20-17?. The molecule has 4 rings (SSSR count). The molecule has 1 N–H and O–H groups in total. The van der Waals surface area contributed by atoms with E-state index in [1.165, 1.54) is 28.9 Å². The van der Waals surface area contributed by atoms with Crippen molar-refractivity contribution < 1.29 is 14.1 Å². The number of benzene rings is 1. The van der Waals surface area contributed by atoms with Crippen LogP contribution in [0.3, 0.4) is 0 Å². The third-order valence-corrected chi connectivity index (χ3v) is 5.21. The molecule has 1 amide bonds. The SMILES string of the molecule is CCCC1=NN2C(=N)/C(=C/c3ccc(-c4ccccc4[N+](=O)[O-])o3)C(=O)N=C2S1. The van der Waals surface area contributed by atoms with E-state index in [1.54, 1.807) is 30.3 Å². The molecule has 0 atom stereocenters. The molecule has 2 aliphatic heterocycles. The van der Waals surface area contributed by atoms with Gasteiger partial charge in [0.15, 0.2) is 5.84 Å². The maximum Gasteiger partial charge on any atom is 0.283 e. The smallest absolute Gasteiger partial charge is 0.283 e. The normalized spacial score (nSPS) is 17.4. The number of amidine groups is 2. The number of carbonyl (C=O) groups excluding carboxylic acids is 1. The molecule has 0 saturated heterocycles. The van der Waals surface area contributed by atoms with Gasteiger partial charge in [-0.05, 0) is 48.9 Å². The van der Waals surface area contributed by atoms with Crippen molar-refractivity contribution in [2.24, 2.45) is 10.1 Å². The molecule has 0 fully saturated rings. The molecule has 0 unspecified atom stereocenters. The Labute approximate surface area is 169 Å². The summed E-state index contributed by atoms with van der Waals surface area (Å²) in [4.78, 5) is 27.2. The lowest BCUT2D eigenvalue weighted by atomic mass is 10.1. The molecule has 29 heavy (non-hydrogen) atoms. The van der Waals surface area contributed by atoms with Crippen LogP contribution in [0.1, 0.15) is 25.5 Å². The zero-order chi connectivity index (χ0) is 20.5. The molecule has 0 radical (unpaired) electrons. The molecule has 1 aromatic carbocycles.